The lowest BCUT2D eigenvalue weighted by atomic mass is 10.3. The van der Waals surface area contributed by atoms with Gasteiger partial charge in [-0.05, 0) is 18.5 Å². The molecule has 2 aromatic rings. The Balaban J connectivity index is 2.30. The molecule has 1 N–H and O–H groups in total. The first-order chi connectivity index (χ1) is 7.85. The molecule has 0 aromatic carbocycles. The van der Waals surface area contributed by atoms with Crippen molar-refractivity contribution in [1.29, 1.82) is 0 Å². The minimum Gasteiger partial charge on any atom is -0.378 e. The van der Waals surface area contributed by atoms with Gasteiger partial charge in [0.25, 0.3) is 0 Å². The lowest BCUT2D eigenvalue weighted by molar-refractivity contribution is 0.181. The molecule has 0 spiro atoms. The summed E-state index contributed by atoms with van der Waals surface area (Å²) < 4.78 is 5.16. The fourth-order valence-electron chi connectivity index (χ4n) is 1.44. The van der Waals surface area contributed by atoms with Crippen LogP contribution in [0, 0.1) is 0 Å². The molecule has 2 heterocycles. The van der Waals surface area contributed by atoms with Crippen molar-refractivity contribution in [3.8, 4) is 10.6 Å². The molecule has 2 rings (SSSR count). The van der Waals surface area contributed by atoms with E-state index in [1.54, 1.807) is 29.8 Å². The number of rotatable bonds is 5. The first-order valence-electron chi connectivity index (χ1n) is 5.00. The molecule has 0 amide bonds. The summed E-state index contributed by atoms with van der Waals surface area (Å²) in [5.74, 6) is 0. The van der Waals surface area contributed by atoms with Crippen LogP contribution in [-0.4, -0.2) is 19.1 Å². The zero-order valence-corrected chi connectivity index (χ0v) is 11.0. The van der Waals surface area contributed by atoms with E-state index in [2.05, 4.69) is 27.1 Å². The average molecular weight is 254 g/mol. The van der Waals surface area contributed by atoms with Crippen LogP contribution in [0.2, 0.25) is 0 Å². The molecule has 0 atom stereocenters. The Morgan fingerprint density at radius 1 is 1.50 bits per heavy atom. The molecular formula is C11H14N2OS2. The highest BCUT2D eigenvalue weighted by atomic mass is 32.1. The summed E-state index contributed by atoms with van der Waals surface area (Å²) in [7, 11) is 3.65. The average Bonchev–Trinajstić information content (AvgIpc) is 2.89. The van der Waals surface area contributed by atoms with Gasteiger partial charge in [0, 0.05) is 29.5 Å². The van der Waals surface area contributed by atoms with Gasteiger partial charge >= 0.3 is 0 Å². The van der Waals surface area contributed by atoms with E-state index in [1.807, 2.05) is 7.05 Å². The molecule has 0 saturated carbocycles. The van der Waals surface area contributed by atoms with Crippen LogP contribution in [0.5, 0.6) is 0 Å². The standard InChI is InChI=1S/C11H14N2OS2/c1-12-5-10-9(6-14-2)13-11(16-10)8-3-4-15-7-8/h3-4,7,12H,5-6H2,1-2H3. The van der Waals surface area contributed by atoms with E-state index >= 15 is 0 Å². The summed E-state index contributed by atoms with van der Waals surface area (Å²) in [5, 5.41) is 8.44. The van der Waals surface area contributed by atoms with Gasteiger partial charge < -0.3 is 10.1 Å². The zero-order chi connectivity index (χ0) is 11.4. The second-order valence-corrected chi connectivity index (χ2v) is 5.23. The van der Waals surface area contributed by atoms with E-state index in [1.165, 1.54) is 10.4 Å². The fourth-order valence-corrected chi connectivity index (χ4v) is 3.23. The van der Waals surface area contributed by atoms with Gasteiger partial charge in [-0.2, -0.15) is 11.3 Å². The molecular weight excluding hydrogens is 240 g/mol. The largest absolute Gasteiger partial charge is 0.378 e. The monoisotopic (exact) mass is 254 g/mol. The predicted molar refractivity (Wildman–Crippen MR) is 68.9 cm³/mol. The van der Waals surface area contributed by atoms with Crippen molar-refractivity contribution in [2.24, 2.45) is 0 Å². The fraction of sp³-hybridized carbons (Fsp3) is 0.364. The number of aromatic nitrogens is 1. The van der Waals surface area contributed by atoms with Gasteiger partial charge in [-0.3, -0.25) is 0 Å². The maximum absolute atomic E-state index is 5.16. The Bertz CT molecular complexity index is 413. The van der Waals surface area contributed by atoms with Gasteiger partial charge in [0.05, 0.1) is 12.3 Å². The number of nitrogens with zero attached hydrogens (tertiary/aromatic N) is 1. The van der Waals surface area contributed by atoms with Crippen molar-refractivity contribution in [3.63, 3.8) is 0 Å². The van der Waals surface area contributed by atoms with Gasteiger partial charge in [-0.15, -0.1) is 11.3 Å². The molecule has 3 nitrogen and oxygen atoms in total. The van der Waals surface area contributed by atoms with Crippen molar-refractivity contribution in [3.05, 3.63) is 27.4 Å². The van der Waals surface area contributed by atoms with Crippen LogP contribution in [-0.2, 0) is 17.9 Å². The lowest BCUT2D eigenvalue weighted by Gasteiger charge is -1.98. The smallest absolute Gasteiger partial charge is 0.124 e. The van der Waals surface area contributed by atoms with Crippen LogP contribution in [0.4, 0.5) is 0 Å². The van der Waals surface area contributed by atoms with E-state index < -0.39 is 0 Å². The van der Waals surface area contributed by atoms with Crippen LogP contribution >= 0.6 is 22.7 Å². The van der Waals surface area contributed by atoms with Crippen molar-refractivity contribution in [1.82, 2.24) is 10.3 Å². The molecule has 0 aliphatic carbocycles. The number of nitrogens with one attached hydrogen (secondary N) is 1. The van der Waals surface area contributed by atoms with Crippen LogP contribution in [0.25, 0.3) is 10.6 Å². The highest BCUT2D eigenvalue weighted by molar-refractivity contribution is 7.15. The summed E-state index contributed by atoms with van der Waals surface area (Å²) in [6.07, 6.45) is 0. The molecule has 0 fully saturated rings. The highest BCUT2D eigenvalue weighted by Crippen LogP contribution is 2.29. The first-order valence-corrected chi connectivity index (χ1v) is 6.75. The van der Waals surface area contributed by atoms with E-state index in [0.29, 0.717) is 6.61 Å². The quantitative estimate of drug-likeness (QED) is 0.891. The highest BCUT2D eigenvalue weighted by Gasteiger charge is 2.11. The van der Waals surface area contributed by atoms with Gasteiger partial charge in [-0.25, -0.2) is 4.98 Å². The topological polar surface area (TPSA) is 34.2 Å². The lowest BCUT2D eigenvalue weighted by Crippen LogP contribution is -2.06. The molecule has 0 aliphatic rings. The molecule has 5 heteroatoms. The second-order valence-electron chi connectivity index (χ2n) is 3.36. The molecule has 0 aliphatic heterocycles. The molecule has 0 bridgehead atoms. The number of thiophene rings is 1. The SMILES string of the molecule is CNCc1sc(-c2ccsc2)nc1COC. The summed E-state index contributed by atoms with van der Waals surface area (Å²) in [4.78, 5) is 5.88. The Labute approximate surface area is 103 Å². The van der Waals surface area contributed by atoms with Gasteiger partial charge in [0.15, 0.2) is 0 Å². The number of hydrogen-bond acceptors (Lipinski definition) is 5. The van der Waals surface area contributed by atoms with E-state index in [4.69, 9.17) is 4.74 Å². The third-order valence-electron chi connectivity index (χ3n) is 2.16. The second kappa shape index (κ2) is 5.54. The molecule has 86 valence electrons. The third kappa shape index (κ3) is 2.49. The van der Waals surface area contributed by atoms with Crippen molar-refractivity contribution >= 4 is 22.7 Å². The van der Waals surface area contributed by atoms with Gasteiger partial charge in [0.1, 0.15) is 5.01 Å². The first kappa shape index (κ1) is 11.7. The Kier molecular flexibility index (Phi) is 4.06. The van der Waals surface area contributed by atoms with Crippen molar-refractivity contribution < 1.29 is 4.74 Å². The molecule has 0 saturated heterocycles. The van der Waals surface area contributed by atoms with E-state index in [0.717, 1.165) is 17.2 Å². The number of hydrogen-bond donors (Lipinski definition) is 1. The summed E-state index contributed by atoms with van der Waals surface area (Å²) >= 11 is 3.43. The maximum atomic E-state index is 5.16. The zero-order valence-electron chi connectivity index (χ0n) is 9.32. The van der Waals surface area contributed by atoms with Crippen molar-refractivity contribution in [2.75, 3.05) is 14.2 Å². The molecule has 0 unspecified atom stereocenters. The number of ether oxygens (including phenoxy) is 1. The van der Waals surface area contributed by atoms with E-state index in [-0.39, 0.29) is 0 Å². The summed E-state index contributed by atoms with van der Waals surface area (Å²) in [5.41, 5.74) is 2.25. The van der Waals surface area contributed by atoms with Crippen LogP contribution < -0.4 is 5.32 Å². The van der Waals surface area contributed by atoms with Crippen LogP contribution in [0.3, 0.4) is 0 Å². The Hall–Kier alpha value is -0.750. The molecule has 2 aromatic heterocycles. The molecule has 16 heavy (non-hydrogen) atoms. The molecule has 0 radical (unpaired) electrons. The normalized spacial score (nSPS) is 10.9. The summed E-state index contributed by atoms with van der Waals surface area (Å²) in [6, 6.07) is 2.10. The maximum Gasteiger partial charge on any atom is 0.124 e. The third-order valence-corrected chi connectivity index (χ3v) is 3.99. The van der Waals surface area contributed by atoms with Crippen LogP contribution in [0.1, 0.15) is 10.6 Å². The predicted octanol–water partition coefficient (Wildman–Crippen LogP) is 2.74. The summed E-state index contributed by atoms with van der Waals surface area (Å²) in [6.45, 7) is 1.43. The van der Waals surface area contributed by atoms with Crippen LogP contribution in [0.15, 0.2) is 16.8 Å². The Morgan fingerprint density at radius 2 is 2.38 bits per heavy atom. The van der Waals surface area contributed by atoms with Crippen molar-refractivity contribution in [2.45, 2.75) is 13.2 Å². The Morgan fingerprint density at radius 3 is 3.00 bits per heavy atom. The minimum atomic E-state index is 0.581. The van der Waals surface area contributed by atoms with E-state index in [9.17, 15) is 0 Å². The number of methoxy groups -OCH3 is 1. The van der Waals surface area contributed by atoms with Gasteiger partial charge in [0.2, 0.25) is 0 Å². The minimum absolute atomic E-state index is 0.581. The number of thiazole rings is 1. The van der Waals surface area contributed by atoms with Gasteiger partial charge in [-0.1, -0.05) is 0 Å².